The third kappa shape index (κ3) is 10.0. The van der Waals surface area contributed by atoms with Gasteiger partial charge in [0, 0.05) is 30.1 Å². The van der Waals surface area contributed by atoms with Crippen LogP contribution in [0.15, 0.2) is 0 Å². The topological polar surface area (TPSA) is 178 Å². The zero-order chi connectivity index (χ0) is 55.5. The van der Waals surface area contributed by atoms with Crippen LogP contribution in [-0.2, 0) is 57.2 Å². The van der Waals surface area contributed by atoms with Crippen LogP contribution < -0.4 is 0 Å². The molecule has 0 aromatic rings. The van der Waals surface area contributed by atoms with Crippen LogP contribution in [0.2, 0.25) is 0 Å². The number of alkyl halides is 3. The highest BCUT2D eigenvalue weighted by atomic mass is 19.4. The van der Waals surface area contributed by atoms with E-state index in [4.69, 9.17) is 28.4 Å². The molecule has 2 saturated heterocycles. The fraction of sp³-hybridized carbons (Fsp3) is 0.900. The highest BCUT2D eigenvalue weighted by Gasteiger charge is 2.80. The van der Waals surface area contributed by atoms with Gasteiger partial charge in [0.05, 0.1) is 34.2 Å². The highest BCUT2D eigenvalue weighted by molar-refractivity contribution is 5.83. The zero-order valence-electron chi connectivity index (χ0n) is 47.2. The summed E-state index contributed by atoms with van der Waals surface area (Å²) in [5.41, 5.74) is -4.47. The molecule has 428 valence electrons. The van der Waals surface area contributed by atoms with Crippen molar-refractivity contribution in [3.8, 4) is 0 Å². The van der Waals surface area contributed by atoms with Gasteiger partial charge in [-0.1, -0.05) is 41.5 Å². The summed E-state index contributed by atoms with van der Waals surface area (Å²) >= 11 is 0. The van der Waals surface area contributed by atoms with Gasteiger partial charge in [-0.25, -0.2) is 0 Å². The molecule has 13 nitrogen and oxygen atoms in total. The largest absolute Gasteiger partial charge is 0.459 e. The summed E-state index contributed by atoms with van der Waals surface area (Å²) in [7, 11) is 0. The second-order valence-corrected chi connectivity index (χ2v) is 28.1. The average molecular weight is 1080 g/mol. The second kappa shape index (κ2) is 20.3. The first-order chi connectivity index (χ1) is 35.4. The Balaban J connectivity index is 0.000000124. The van der Waals surface area contributed by atoms with E-state index in [0.717, 1.165) is 69.6 Å². The molecule has 0 spiro atoms. The summed E-state index contributed by atoms with van der Waals surface area (Å²) < 4.78 is 73.5. The van der Waals surface area contributed by atoms with E-state index in [1.165, 1.54) is 38.5 Å². The van der Waals surface area contributed by atoms with Crippen LogP contribution in [0, 0.1) is 93.2 Å². The molecule has 14 aliphatic rings. The second-order valence-electron chi connectivity index (χ2n) is 28.1. The number of hydrogen-bond donors (Lipinski definition) is 1. The number of rotatable bonds is 12. The molecule has 2 aliphatic heterocycles. The predicted octanol–water partition coefficient (Wildman–Crippen LogP) is 11.2. The SMILES string of the molecule is CCC(C)(C)C(=O)OC1(C)C2CC3CC(C2)CC1C3.CCC(C)(C)C(=O)OC1C2CC3C1OC(=O)C3(C(F)(F)F)C2.CCC(C)C(=O)OC12CC3CC(CC(O)(C3)C1)C2.CCC(C)C(=O)OC1C2CC3C(=O)OC1C3C2. The van der Waals surface area contributed by atoms with Crippen molar-refractivity contribution in [1.82, 2.24) is 0 Å². The maximum Gasteiger partial charge on any atom is 0.405 e. The summed E-state index contributed by atoms with van der Waals surface area (Å²) in [6.45, 7) is 21.4. The predicted molar refractivity (Wildman–Crippen MR) is 271 cm³/mol. The van der Waals surface area contributed by atoms with Crippen molar-refractivity contribution in [2.45, 2.75) is 246 Å². The molecule has 12 bridgehead atoms. The van der Waals surface area contributed by atoms with E-state index < -0.39 is 58.6 Å². The van der Waals surface area contributed by atoms with Crippen LogP contribution in [0.4, 0.5) is 13.2 Å². The van der Waals surface area contributed by atoms with Gasteiger partial charge in [-0.2, -0.15) is 13.2 Å². The van der Waals surface area contributed by atoms with Crippen LogP contribution in [0.3, 0.4) is 0 Å². The first-order valence-corrected chi connectivity index (χ1v) is 29.5. The quantitative estimate of drug-likeness (QED) is 0.144. The molecule has 14 fully saturated rings. The molecule has 14 rings (SSSR count). The van der Waals surface area contributed by atoms with E-state index in [-0.39, 0.29) is 83.3 Å². The Morgan fingerprint density at radius 2 is 1.18 bits per heavy atom. The molecule has 12 aliphatic carbocycles. The highest BCUT2D eigenvalue weighted by Crippen LogP contribution is 2.68. The Labute approximate surface area is 448 Å². The minimum absolute atomic E-state index is 0.0185. The molecular formula is C60H89F3O13. The van der Waals surface area contributed by atoms with Crippen molar-refractivity contribution in [3.05, 3.63) is 0 Å². The zero-order valence-corrected chi connectivity index (χ0v) is 47.2. The number of fused-ring (bicyclic) bond motifs is 2. The number of ether oxygens (including phenoxy) is 6. The summed E-state index contributed by atoms with van der Waals surface area (Å²) in [5, 5.41) is 10.6. The maximum atomic E-state index is 13.4. The number of carbonyl (C=O) groups excluding carboxylic acids is 6. The van der Waals surface area contributed by atoms with Gasteiger partial charge < -0.3 is 33.5 Å². The van der Waals surface area contributed by atoms with Crippen LogP contribution in [0.1, 0.15) is 198 Å². The minimum atomic E-state index is -4.62. The Morgan fingerprint density at radius 1 is 0.645 bits per heavy atom. The number of aliphatic hydroxyl groups is 1. The molecule has 0 amide bonds. The van der Waals surface area contributed by atoms with Crippen LogP contribution in [-0.4, -0.2) is 88.3 Å². The monoisotopic (exact) mass is 1070 g/mol. The molecule has 2 heterocycles. The number of esters is 6. The number of hydrogen-bond acceptors (Lipinski definition) is 13. The van der Waals surface area contributed by atoms with Crippen molar-refractivity contribution in [1.29, 1.82) is 0 Å². The Morgan fingerprint density at radius 3 is 1.72 bits per heavy atom. The van der Waals surface area contributed by atoms with Gasteiger partial charge in [0.2, 0.25) is 0 Å². The normalized spacial score (nSPS) is 43.6. The van der Waals surface area contributed by atoms with Crippen molar-refractivity contribution in [3.63, 3.8) is 0 Å². The lowest BCUT2D eigenvalue weighted by Gasteiger charge is -2.59. The molecule has 0 radical (unpaired) electrons. The minimum Gasteiger partial charge on any atom is -0.459 e. The van der Waals surface area contributed by atoms with Gasteiger partial charge >= 0.3 is 42.0 Å². The standard InChI is InChI=1S/C17H28O2.C15H19F3O4.C15H24O3.C13H18O4/c1-5-16(2,3)15(18)19-17(4)13-7-11-6-12(9-13)10-14(17)8-11;1-4-13(2,3)11(19)21-9-7-5-8-10(9)22-12(20)14(8,6-7)15(16,17)18;1-3-10(2)13(16)18-15-7-11-4-12(8-15)6-14(17,5-11)9-15;1-3-6(2)12(14)16-10-7-4-8-9(5-7)13(15)17-11(8)10/h11-14H,5-10H2,1-4H3;7-10H,4-6H2,1-3H3;10-12,17H,3-9H2,1-2H3;6-11H,3-5H2,1-2H3. The molecule has 0 aromatic carbocycles. The summed E-state index contributed by atoms with van der Waals surface area (Å²) in [6.07, 6.45) is 10.4. The van der Waals surface area contributed by atoms with Gasteiger partial charge in [-0.15, -0.1) is 0 Å². The van der Waals surface area contributed by atoms with E-state index in [1.54, 1.807) is 13.8 Å². The third-order valence-electron chi connectivity index (χ3n) is 22.2. The van der Waals surface area contributed by atoms with E-state index in [0.29, 0.717) is 48.3 Å². The fourth-order valence-corrected chi connectivity index (χ4v) is 17.0. The van der Waals surface area contributed by atoms with Crippen molar-refractivity contribution < 1.29 is 75.5 Å². The molecule has 1 N–H and O–H groups in total. The molecule has 12 saturated carbocycles. The Bertz CT molecular complexity index is 2210. The van der Waals surface area contributed by atoms with Gasteiger partial charge in [0.1, 0.15) is 35.6 Å². The molecule has 14 unspecified atom stereocenters. The smallest absolute Gasteiger partial charge is 0.405 e. The Hall–Kier alpha value is -3.43. The van der Waals surface area contributed by atoms with Crippen LogP contribution >= 0.6 is 0 Å². The van der Waals surface area contributed by atoms with Crippen molar-refractivity contribution in [2.75, 3.05) is 0 Å². The molecular weight excluding hydrogens is 986 g/mol. The van der Waals surface area contributed by atoms with Crippen LogP contribution in [0.25, 0.3) is 0 Å². The van der Waals surface area contributed by atoms with Gasteiger partial charge in [0.15, 0.2) is 5.41 Å². The molecule has 0 aromatic heterocycles. The van der Waals surface area contributed by atoms with E-state index in [9.17, 15) is 47.0 Å². The lowest BCUT2D eigenvalue weighted by atomic mass is 9.50. The lowest BCUT2D eigenvalue weighted by molar-refractivity contribution is -0.231. The Kier molecular flexibility index (Phi) is 15.3. The number of carbonyl (C=O) groups is 6. The third-order valence-corrected chi connectivity index (χ3v) is 22.2. The van der Waals surface area contributed by atoms with Gasteiger partial charge in [-0.3, -0.25) is 28.8 Å². The number of halogens is 3. The van der Waals surface area contributed by atoms with E-state index in [2.05, 4.69) is 13.8 Å². The van der Waals surface area contributed by atoms with Crippen molar-refractivity contribution in [2.24, 2.45) is 93.2 Å². The summed E-state index contributed by atoms with van der Waals surface area (Å²) in [6, 6.07) is 0. The average Bonchev–Trinajstić information content (AvgIpc) is 4.31. The van der Waals surface area contributed by atoms with Crippen LogP contribution in [0.5, 0.6) is 0 Å². The van der Waals surface area contributed by atoms with Gasteiger partial charge in [-0.05, 0) is 186 Å². The summed E-state index contributed by atoms with van der Waals surface area (Å²) in [4.78, 5) is 71.9. The van der Waals surface area contributed by atoms with Crippen molar-refractivity contribution >= 4 is 35.8 Å². The summed E-state index contributed by atoms with van der Waals surface area (Å²) in [5.74, 6) is 1.58. The molecule has 16 heteroatoms. The van der Waals surface area contributed by atoms with E-state index >= 15 is 0 Å². The first-order valence-electron chi connectivity index (χ1n) is 29.5. The molecule has 14 atom stereocenters. The maximum absolute atomic E-state index is 13.4. The lowest BCUT2D eigenvalue weighted by Crippen LogP contribution is -2.60. The van der Waals surface area contributed by atoms with E-state index in [1.807, 2.05) is 48.5 Å². The molecule has 76 heavy (non-hydrogen) atoms. The first kappa shape index (κ1) is 57.3. The van der Waals surface area contributed by atoms with Gasteiger partial charge in [0.25, 0.3) is 0 Å². The fourth-order valence-electron chi connectivity index (χ4n) is 17.0.